The summed E-state index contributed by atoms with van der Waals surface area (Å²) in [4.78, 5) is 42.3. The molecule has 1 aliphatic heterocycles. The number of piperazine rings is 1. The average Bonchev–Trinajstić information content (AvgIpc) is 2.81. The number of hydrogen-bond acceptors (Lipinski definition) is 6. The number of hydrogen-bond donors (Lipinski definition) is 0. The molecule has 1 aliphatic rings. The third-order valence-electron chi connectivity index (χ3n) is 5.58. The molecule has 33 heavy (non-hydrogen) atoms. The van der Waals surface area contributed by atoms with Crippen LogP contribution in [0.3, 0.4) is 0 Å². The maximum Gasteiger partial charge on any atom is 0.261 e. The van der Waals surface area contributed by atoms with Crippen LogP contribution in [0, 0.1) is 5.82 Å². The van der Waals surface area contributed by atoms with Gasteiger partial charge in [-0.15, -0.1) is 0 Å². The molecule has 11 heteroatoms. The number of halogens is 1. The van der Waals surface area contributed by atoms with Gasteiger partial charge in [-0.25, -0.2) is 17.8 Å². The molecule has 0 atom stereocenters. The average molecular weight is 472 g/mol. The summed E-state index contributed by atoms with van der Waals surface area (Å²) in [5.41, 5.74) is 0.176. The Morgan fingerprint density at radius 3 is 2.33 bits per heavy atom. The highest BCUT2D eigenvalue weighted by atomic mass is 32.2. The monoisotopic (exact) mass is 472 g/mol. The molecule has 1 amide bonds. The third-order valence-corrected chi connectivity index (χ3v) is 7.50. The molecule has 1 aromatic heterocycles. The van der Waals surface area contributed by atoms with E-state index < -0.39 is 21.4 Å². The van der Waals surface area contributed by atoms with E-state index in [1.807, 2.05) is 0 Å². The quantitative estimate of drug-likeness (QED) is 0.518. The Kier molecular flexibility index (Phi) is 6.09. The van der Waals surface area contributed by atoms with Gasteiger partial charge in [0.2, 0.25) is 15.9 Å². The van der Waals surface area contributed by atoms with Gasteiger partial charge in [0.15, 0.2) is 5.78 Å². The number of sulfonamides is 1. The highest BCUT2D eigenvalue weighted by Gasteiger charge is 2.30. The first-order valence-electron chi connectivity index (χ1n) is 10.2. The van der Waals surface area contributed by atoms with Crippen LogP contribution in [0.15, 0.2) is 58.5 Å². The molecule has 0 radical (unpaired) electrons. The molecule has 0 saturated carbocycles. The SMILES string of the molecule is CC(=O)c1ccc(S(=O)(=O)N2CCN(C(=O)Cn3cnc4cc(F)ccc4c3=O)CC2)cc1. The van der Waals surface area contributed by atoms with Crippen molar-refractivity contribution in [3.8, 4) is 0 Å². The Hall–Kier alpha value is -3.44. The first-order valence-corrected chi connectivity index (χ1v) is 11.6. The Morgan fingerprint density at radius 1 is 1.03 bits per heavy atom. The lowest BCUT2D eigenvalue weighted by Gasteiger charge is -2.34. The van der Waals surface area contributed by atoms with Gasteiger partial charge in [-0.05, 0) is 31.2 Å². The van der Waals surface area contributed by atoms with Gasteiger partial charge in [0.1, 0.15) is 12.4 Å². The summed E-state index contributed by atoms with van der Waals surface area (Å²) >= 11 is 0. The molecule has 9 nitrogen and oxygen atoms in total. The first kappa shape index (κ1) is 22.7. The second-order valence-corrected chi connectivity index (χ2v) is 9.64. The van der Waals surface area contributed by atoms with Crippen LogP contribution in [-0.4, -0.2) is 65.0 Å². The largest absolute Gasteiger partial charge is 0.338 e. The van der Waals surface area contributed by atoms with Gasteiger partial charge in [-0.3, -0.25) is 19.0 Å². The molecular formula is C22H21FN4O5S. The van der Waals surface area contributed by atoms with Crippen molar-refractivity contribution in [1.82, 2.24) is 18.8 Å². The molecule has 2 aromatic carbocycles. The van der Waals surface area contributed by atoms with Crippen molar-refractivity contribution >= 4 is 32.6 Å². The van der Waals surface area contributed by atoms with Gasteiger partial charge in [-0.2, -0.15) is 4.31 Å². The van der Waals surface area contributed by atoms with E-state index in [9.17, 15) is 27.2 Å². The van der Waals surface area contributed by atoms with Crippen molar-refractivity contribution in [2.24, 2.45) is 0 Å². The zero-order valence-corrected chi connectivity index (χ0v) is 18.6. The Balaban J connectivity index is 1.42. The number of benzene rings is 2. The summed E-state index contributed by atoms with van der Waals surface area (Å²) in [5, 5.41) is 0.207. The maximum atomic E-state index is 13.3. The van der Waals surface area contributed by atoms with Gasteiger partial charge in [0.25, 0.3) is 5.56 Å². The second-order valence-electron chi connectivity index (χ2n) is 7.70. The second kappa shape index (κ2) is 8.83. The zero-order chi connectivity index (χ0) is 23.8. The van der Waals surface area contributed by atoms with Crippen molar-refractivity contribution in [3.05, 3.63) is 70.5 Å². The summed E-state index contributed by atoms with van der Waals surface area (Å²) in [6.45, 7) is 1.70. The minimum atomic E-state index is -3.76. The van der Waals surface area contributed by atoms with Crippen molar-refractivity contribution in [2.45, 2.75) is 18.4 Å². The fourth-order valence-electron chi connectivity index (χ4n) is 3.68. The van der Waals surface area contributed by atoms with Gasteiger partial charge in [0, 0.05) is 37.8 Å². The predicted molar refractivity (Wildman–Crippen MR) is 118 cm³/mol. The molecule has 4 rings (SSSR count). The molecule has 0 N–H and O–H groups in total. The summed E-state index contributed by atoms with van der Waals surface area (Å²) in [5.74, 6) is -1.01. The fourth-order valence-corrected chi connectivity index (χ4v) is 5.10. The highest BCUT2D eigenvalue weighted by molar-refractivity contribution is 7.89. The van der Waals surface area contributed by atoms with E-state index in [2.05, 4.69) is 4.98 Å². The summed E-state index contributed by atoms with van der Waals surface area (Å²) in [6.07, 6.45) is 1.20. The van der Waals surface area contributed by atoms with Crippen LogP contribution in [0.5, 0.6) is 0 Å². The lowest BCUT2D eigenvalue weighted by Crippen LogP contribution is -2.51. The molecule has 2 heterocycles. The third kappa shape index (κ3) is 4.55. The minimum Gasteiger partial charge on any atom is -0.338 e. The summed E-state index contributed by atoms with van der Waals surface area (Å²) < 4.78 is 41.5. The maximum absolute atomic E-state index is 13.3. The number of Topliss-reactive ketones (excluding diaryl/α,β-unsaturated/α-hetero) is 1. The number of amides is 1. The zero-order valence-electron chi connectivity index (χ0n) is 17.8. The van der Waals surface area contributed by atoms with Crippen LogP contribution in [0.4, 0.5) is 4.39 Å². The van der Waals surface area contributed by atoms with E-state index in [1.165, 1.54) is 52.8 Å². The lowest BCUT2D eigenvalue weighted by molar-refractivity contribution is -0.133. The predicted octanol–water partition coefficient (Wildman–Crippen LogP) is 1.27. The van der Waals surface area contributed by atoms with E-state index in [4.69, 9.17) is 0 Å². The molecule has 0 spiro atoms. The van der Waals surface area contributed by atoms with Gasteiger partial charge in [0.05, 0.1) is 22.1 Å². The molecule has 172 valence electrons. The van der Waals surface area contributed by atoms with Crippen LogP contribution in [0.2, 0.25) is 0 Å². The lowest BCUT2D eigenvalue weighted by atomic mass is 10.2. The van der Waals surface area contributed by atoms with Crippen molar-refractivity contribution in [2.75, 3.05) is 26.2 Å². The number of nitrogens with zero attached hydrogens (tertiary/aromatic N) is 4. The molecule has 1 saturated heterocycles. The Morgan fingerprint density at radius 2 is 1.70 bits per heavy atom. The Bertz CT molecular complexity index is 1390. The topological polar surface area (TPSA) is 110 Å². The molecule has 0 unspecified atom stereocenters. The van der Waals surface area contributed by atoms with E-state index in [0.717, 1.165) is 16.7 Å². The van der Waals surface area contributed by atoms with Crippen molar-refractivity contribution < 1.29 is 22.4 Å². The van der Waals surface area contributed by atoms with Gasteiger partial charge in [-0.1, -0.05) is 12.1 Å². The van der Waals surface area contributed by atoms with E-state index in [1.54, 1.807) is 0 Å². The number of ketones is 1. The molecule has 3 aromatic rings. The van der Waals surface area contributed by atoms with Crippen LogP contribution < -0.4 is 5.56 Å². The van der Waals surface area contributed by atoms with E-state index >= 15 is 0 Å². The van der Waals surface area contributed by atoms with Gasteiger partial charge >= 0.3 is 0 Å². The fraction of sp³-hybridized carbons (Fsp3) is 0.273. The van der Waals surface area contributed by atoms with E-state index in [-0.39, 0.29) is 60.2 Å². The number of aromatic nitrogens is 2. The van der Waals surface area contributed by atoms with Gasteiger partial charge < -0.3 is 4.90 Å². The van der Waals surface area contributed by atoms with Crippen LogP contribution in [0.25, 0.3) is 10.9 Å². The first-order chi connectivity index (χ1) is 15.7. The molecule has 0 bridgehead atoms. The van der Waals surface area contributed by atoms with Crippen LogP contribution >= 0.6 is 0 Å². The van der Waals surface area contributed by atoms with Crippen molar-refractivity contribution in [1.29, 1.82) is 0 Å². The smallest absolute Gasteiger partial charge is 0.261 e. The number of carbonyl (C=O) groups is 2. The standard InChI is InChI=1S/C22H21FN4O5S/c1-15(28)16-2-5-18(6-3-16)33(31,32)27-10-8-25(9-11-27)21(29)13-26-14-24-20-12-17(23)4-7-19(20)22(26)30/h2-7,12,14H,8-11,13H2,1H3. The van der Waals surface area contributed by atoms with Crippen molar-refractivity contribution in [3.63, 3.8) is 0 Å². The normalized spacial score (nSPS) is 15.0. The summed E-state index contributed by atoms with van der Waals surface area (Å²) in [7, 11) is -3.76. The number of carbonyl (C=O) groups excluding carboxylic acids is 2. The van der Waals surface area contributed by atoms with Crippen LogP contribution in [0.1, 0.15) is 17.3 Å². The Labute approximate surface area is 189 Å². The summed E-state index contributed by atoms with van der Waals surface area (Å²) in [6, 6.07) is 9.37. The minimum absolute atomic E-state index is 0.0810. The molecule has 0 aliphatic carbocycles. The van der Waals surface area contributed by atoms with E-state index in [0.29, 0.717) is 5.56 Å². The molecular weight excluding hydrogens is 451 g/mol. The number of rotatable bonds is 5. The highest BCUT2D eigenvalue weighted by Crippen LogP contribution is 2.19. The molecule has 1 fully saturated rings. The number of fused-ring (bicyclic) bond motifs is 1. The van der Waals surface area contributed by atoms with Crippen LogP contribution in [-0.2, 0) is 21.4 Å².